The first-order valence-electron chi connectivity index (χ1n) is 10.8. The van der Waals surface area contributed by atoms with Gasteiger partial charge in [-0.05, 0) is 47.5 Å². The third kappa shape index (κ3) is 3.93. The number of nitrogens with zero attached hydrogens (tertiary/aromatic N) is 2. The van der Waals surface area contributed by atoms with Gasteiger partial charge in [-0.2, -0.15) is 0 Å². The molecule has 1 unspecified atom stereocenters. The molecular weight excluding hydrogens is 450 g/mol. The summed E-state index contributed by atoms with van der Waals surface area (Å²) in [6.07, 6.45) is 2.01. The zero-order valence-electron chi connectivity index (χ0n) is 18.4. The number of aromatic nitrogens is 1. The van der Waals surface area contributed by atoms with Crippen molar-refractivity contribution < 1.29 is 14.3 Å². The van der Waals surface area contributed by atoms with Crippen molar-refractivity contribution in [3.63, 3.8) is 0 Å². The molecule has 2 amide bonds. The highest BCUT2D eigenvalue weighted by molar-refractivity contribution is 6.31. The molecule has 34 heavy (non-hydrogen) atoms. The number of hydrogen-bond acceptors (Lipinski definition) is 3. The van der Waals surface area contributed by atoms with Gasteiger partial charge in [0, 0.05) is 16.9 Å². The van der Waals surface area contributed by atoms with Crippen molar-refractivity contribution in [2.45, 2.75) is 12.6 Å². The maximum absolute atomic E-state index is 13.8. The van der Waals surface area contributed by atoms with Crippen LogP contribution in [0.15, 0.2) is 91.1 Å². The van der Waals surface area contributed by atoms with E-state index >= 15 is 0 Å². The number of ether oxygens (including phenoxy) is 1. The van der Waals surface area contributed by atoms with Crippen molar-refractivity contribution in [1.82, 2.24) is 9.47 Å². The van der Waals surface area contributed by atoms with Gasteiger partial charge in [-0.15, -0.1) is 0 Å². The van der Waals surface area contributed by atoms with E-state index in [2.05, 4.69) is 16.0 Å². The maximum Gasteiger partial charge on any atom is 0.339 e. The van der Waals surface area contributed by atoms with Gasteiger partial charge in [0.2, 0.25) is 0 Å². The molecule has 7 heteroatoms. The number of fused-ring (bicyclic) bond motifs is 3. The number of nitrogens with one attached hydrogen (secondary N) is 1. The van der Waals surface area contributed by atoms with Gasteiger partial charge in [-0.3, -0.25) is 0 Å². The van der Waals surface area contributed by atoms with Crippen LogP contribution in [-0.2, 0) is 11.3 Å². The molecule has 2 heterocycles. The number of para-hydroxylation sites is 1. The standard InChI is InChI=1S/C27H22ClN3O3/c1-34-26(32)21-14-13-20(28)16-22(21)29-27(33)31-17-19-10-5-6-11-23(19)30-15-7-12-24(30)25(31)18-8-3-2-4-9-18/h2-16,25H,17H2,1H3,(H,29,33). The molecule has 3 aromatic carbocycles. The van der Waals surface area contributed by atoms with Gasteiger partial charge >= 0.3 is 12.0 Å². The summed E-state index contributed by atoms with van der Waals surface area (Å²) in [5.74, 6) is -0.554. The molecule has 0 saturated carbocycles. The normalized spacial score (nSPS) is 14.5. The Hall–Kier alpha value is -4.03. The molecule has 4 aromatic rings. The van der Waals surface area contributed by atoms with E-state index in [9.17, 15) is 9.59 Å². The zero-order chi connectivity index (χ0) is 23.7. The lowest BCUT2D eigenvalue weighted by Gasteiger charge is -2.31. The molecule has 5 rings (SSSR count). The summed E-state index contributed by atoms with van der Waals surface area (Å²) in [6.45, 7) is 0.372. The first-order chi connectivity index (χ1) is 16.6. The minimum Gasteiger partial charge on any atom is -0.465 e. The number of methoxy groups -OCH3 is 1. The van der Waals surface area contributed by atoms with Crippen molar-refractivity contribution in [2.24, 2.45) is 0 Å². The fourth-order valence-electron chi connectivity index (χ4n) is 4.42. The topological polar surface area (TPSA) is 63.6 Å². The van der Waals surface area contributed by atoms with E-state index in [4.69, 9.17) is 16.3 Å². The Morgan fingerprint density at radius 2 is 1.74 bits per heavy atom. The van der Waals surface area contributed by atoms with Crippen LogP contribution in [0.3, 0.4) is 0 Å². The summed E-state index contributed by atoms with van der Waals surface area (Å²) in [7, 11) is 1.30. The maximum atomic E-state index is 13.8. The summed E-state index contributed by atoms with van der Waals surface area (Å²) >= 11 is 6.18. The predicted molar refractivity (Wildman–Crippen MR) is 131 cm³/mol. The first-order valence-corrected chi connectivity index (χ1v) is 11.2. The first kappa shape index (κ1) is 21.8. The van der Waals surface area contributed by atoms with E-state index in [-0.39, 0.29) is 17.6 Å². The number of benzene rings is 3. The fraction of sp³-hybridized carbons (Fsp3) is 0.111. The molecule has 0 fully saturated rings. The Bertz CT molecular complexity index is 1370. The van der Waals surface area contributed by atoms with Crippen molar-refractivity contribution in [3.8, 4) is 5.69 Å². The number of urea groups is 1. The highest BCUT2D eigenvalue weighted by atomic mass is 35.5. The Balaban J connectivity index is 1.62. The molecule has 0 saturated heterocycles. The van der Waals surface area contributed by atoms with Gasteiger partial charge in [0.1, 0.15) is 0 Å². The number of hydrogen-bond donors (Lipinski definition) is 1. The Morgan fingerprint density at radius 3 is 2.53 bits per heavy atom. The van der Waals surface area contributed by atoms with E-state index in [0.717, 1.165) is 22.5 Å². The molecule has 1 aliphatic heterocycles. The van der Waals surface area contributed by atoms with E-state index < -0.39 is 5.97 Å². The van der Waals surface area contributed by atoms with E-state index in [1.54, 1.807) is 23.1 Å². The molecule has 170 valence electrons. The number of rotatable bonds is 3. The average molecular weight is 472 g/mol. The number of carbonyl (C=O) groups is 2. The van der Waals surface area contributed by atoms with Gasteiger partial charge in [0.25, 0.3) is 0 Å². The van der Waals surface area contributed by atoms with Crippen molar-refractivity contribution in [2.75, 3.05) is 12.4 Å². The van der Waals surface area contributed by atoms with Crippen LogP contribution >= 0.6 is 11.6 Å². The third-order valence-electron chi connectivity index (χ3n) is 5.97. The summed E-state index contributed by atoms with van der Waals surface area (Å²) in [5.41, 5.74) is 4.50. The molecule has 1 N–H and O–H groups in total. The lowest BCUT2D eigenvalue weighted by molar-refractivity contribution is 0.0602. The smallest absolute Gasteiger partial charge is 0.339 e. The highest BCUT2D eigenvalue weighted by Gasteiger charge is 2.33. The molecule has 1 aliphatic rings. The second-order valence-corrected chi connectivity index (χ2v) is 8.42. The molecule has 0 bridgehead atoms. The fourth-order valence-corrected chi connectivity index (χ4v) is 4.59. The number of esters is 1. The van der Waals surface area contributed by atoms with E-state index in [0.29, 0.717) is 17.3 Å². The molecule has 6 nitrogen and oxygen atoms in total. The van der Waals surface area contributed by atoms with Crippen LogP contribution in [0.4, 0.5) is 10.5 Å². The molecular formula is C27H22ClN3O3. The Kier molecular flexibility index (Phi) is 5.82. The Labute approximate surface area is 202 Å². The number of halogens is 1. The molecule has 0 aliphatic carbocycles. The SMILES string of the molecule is COC(=O)c1ccc(Cl)cc1NC(=O)N1Cc2ccccc2-n2cccc2C1c1ccccc1. The van der Waals surface area contributed by atoms with Crippen LogP contribution < -0.4 is 5.32 Å². The van der Waals surface area contributed by atoms with E-state index in [1.165, 1.54) is 7.11 Å². The minimum atomic E-state index is -0.554. The van der Waals surface area contributed by atoms with Gasteiger partial charge in [0.15, 0.2) is 0 Å². The summed E-state index contributed by atoms with van der Waals surface area (Å²) in [6, 6.07) is 25.9. The zero-order valence-corrected chi connectivity index (χ0v) is 19.2. The van der Waals surface area contributed by atoms with Crippen molar-refractivity contribution >= 4 is 29.3 Å². The third-order valence-corrected chi connectivity index (χ3v) is 6.20. The summed E-state index contributed by atoms with van der Waals surface area (Å²) < 4.78 is 7.01. The van der Waals surface area contributed by atoms with E-state index in [1.807, 2.05) is 66.9 Å². The average Bonchev–Trinajstić information content (AvgIpc) is 3.28. The predicted octanol–water partition coefficient (Wildman–Crippen LogP) is 6.05. The quantitative estimate of drug-likeness (QED) is 0.370. The molecule has 1 aromatic heterocycles. The lowest BCUT2D eigenvalue weighted by atomic mass is 10.0. The van der Waals surface area contributed by atoms with Crippen LogP contribution in [0.2, 0.25) is 5.02 Å². The second kappa shape index (κ2) is 9.08. The number of amides is 2. The lowest BCUT2D eigenvalue weighted by Crippen LogP contribution is -2.38. The van der Waals surface area contributed by atoms with Crippen LogP contribution in [0.25, 0.3) is 5.69 Å². The molecule has 1 atom stereocenters. The summed E-state index contributed by atoms with van der Waals surface area (Å²) in [5, 5.41) is 3.31. The minimum absolute atomic E-state index is 0.232. The second-order valence-electron chi connectivity index (χ2n) is 7.98. The van der Waals surface area contributed by atoms with Crippen molar-refractivity contribution in [3.05, 3.63) is 119 Å². The van der Waals surface area contributed by atoms with Gasteiger partial charge < -0.3 is 19.5 Å². The van der Waals surface area contributed by atoms with Crippen LogP contribution in [-0.4, -0.2) is 28.6 Å². The molecule has 0 spiro atoms. The van der Waals surface area contributed by atoms with Crippen LogP contribution in [0.5, 0.6) is 0 Å². The van der Waals surface area contributed by atoms with Crippen LogP contribution in [0, 0.1) is 0 Å². The van der Waals surface area contributed by atoms with Gasteiger partial charge in [-0.25, -0.2) is 9.59 Å². The van der Waals surface area contributed by atoms with Crippen LogP contribution in [0.1, 0.15) is 33.2 Å². The number of anilines is 1. The highest BCUT2D eigenvalue weighted by Crippen LogP contribution is 2.37. The van der Waals surface area contributed by atoms with Gasteiger partial charge in [0.05, 0.1) is 36.6 Å². The van der Waals surface area contributed by atoms with Crippen molar-refractivity contribution in [1.29, 1.82) is 0 Å². The Morgan fingerprint density at radius 1 is 0.971 bits per heavy atom. The largest absolute Gasteiger partial charge is 0.465 e. The number of carbonyl (C=O) groups excluding carboxylic acids is 2. The summed E-state index contributed by atoms with van der Waals surface area (Å²) in [4.78, 5) is 27.9. The molecule has 0 radical (unpaired) electrons. The monoisotopic (exact) mass is 471 g/mol. The van der Waals surface area contributed by atoms with Gasteiger partial charge in [-0.1, -0.05) is 60.1 Å².